The zero-order valence-corrected chi connectivity index (χ0v) is 8.09. The Labute approximate surface area is 78.8 Å². The van der Waals surface area contributed by atoms with Crippen molar-refractivity contribution in [3.05, 3.63) is 29.8 Å². The number of para-hydroxylation sites is 1. The number of rotatable bonds is 3. The summed E-state index contributed by atoms with van der Waals surface area (Å²) in [5.41, 5.74) is 0.933. The van der Waals surface area contributed by atoms with E-state index in [1.165, 1.54) is 0 Å². The van der Waals surface area contributed by atoms with Crippen molar-refractivity contribution in [2.75, 3.05) is 0 Å². The highest BCUT2D eigenvalue weighted by Crippen LogP contribution is 2.31. The van der Waals surface area contributed by atoms with Crippen LogP contribution >= 0.6 is 12.6 Å². The van der Waals surface area contributed by atoms with Crippen molar-refractivity contribution in [1.82, 2.24) is 0 Å². The molecule has 0 heterocycles. The average Bonchev–Trinajstić information content (AvgIpc) is 2.05. The van der Waals surface area contributed by atoms with Gasteiger partial charge in [-0.25, -0.2) is 0 Å². The first kappa shape index (κ1) is 9.46. The number of hydrogen-bond donors (Lipinski definition) is 2. The molecule has 1 aromatic carbocycles. The maximum Gasteiger partial charge on any atom is 0.119 e. The number of phenolic OH excluding ortho intramolecular Hbond substituents is 1. The second-order valence-electron chi connectivity index (χ2n) is 2.86. The molecule has 1 N–H and O–H groups in total. The molecule has 0 aliphatic rings. The number of phenols is 1. The van der Waals surface area contributed by atoms with Crippen LogP contribution in [0.1, 0.15) is 30.6 Å². The minimum absolute atomic E-state index is 0.163. The lowest BCUT2D eigenvalue weighted by molar-refractivity contribution is 0.466. The summed E-state index contributed by atoms with van der Waals surface area (Å²) in [6.07, 6.45) is 2.09. The maximum absolute atomic E-state index is 9.46. The molecule has 0 radical (unpaired) electrons. The van der Waals surface area contributed by atoms with Crippen LogP contribution in [0.4, 0.5) is 0 Å². The summed E-state index contributed by atoms with van der Waals surface area (Å²) >= 11 is 4.41. The summed E-state index contributed by atoms with van der Waals surface area (Å²) in [7, 11) is 0. The predicted molar refractivity (Wildman–Crippen MR) is 54.7 cm³/mol. The highest BCUT2D eigenvalue weighted by molar-refractivity contribution is 7.80. The van der Waals surface area contributed by atoms with Gasteiger partial charge >= 0.3 is 0 Å². The van der Waals surface area contributed by atoms with Crippen LogP contribution in [0.15, 0.2) is 24.3 Å². The molecule has 12 heavy (non-hydrogen) atoms. The van der Waals surface area contributed by atoms with Crippen molar-refractivity contribution in [3.63, 3.8) is 0 Å². The van der Waals surface area contributed by atoms with Gasteiger partial charge in [0.05, 0.1) is 0 Å². The highest BCUT2D eigenvalue weighted by atomic mass is 32.1. The van der Waals surface area contributed by atoms with E-state index in [-0.39, 0.29) is 5.25 Å². The van der Waals surface area contributed by atoms with Gasteiger partial charge in [0, 0.05) is 10.8 Å². The lowest BCUT2D eigenvalue weighted by Gasteiger charge is -2.10. The molecular weight excluding hydrogens is 168 g/mol. The van der Waals surface area contributed by atoms with Crippen molar-refractivity contribution in [2.45, 2.75) is 25.0 Å². The molecule has 1 atom stereocenters. The first-order chi connectivity index (χ1) is 5.75. The Morgan fingerprint density at radius 2 is 2.08 bits per heavy atom. The van der Waals surface area contributed by atoms with E-state index in [9.17, 15) is 5.11 Å². The van der Waals surface area contributed by atoms with Gasteiger partial charge in [-0.05, 0) is 12.5 Å². The van der Waals surface area contributed by atoms with Crippen LogP contribution in [0.2, 0.25) is 0 Å². The molecule has 0 aromatic heterocycles. The number of hydrogen-bond acceptors (Lipinski definition) is 2. The number of thiol groups is 1. The van der Waals surface area contributed by atoms with E-state index in [1.807, 2.05) is 18.2 Å². The zero-order valence-electron chi connectivity index (χ0n) is 7.20. The van der Waals surface area contributed by atoms with Crippen molar-refractivity contribution >= 4 is 12.6 Å². The summed E-state index contributed by atoms with van der Waals surface area (Å²) in [4.78, 5) is 0. The van der Waals surface area contributed by atoms with E-state index < -0.39 is 0 Å². The molecule has 1 nitrogen and oxygen atoms in total. The summed E-state index contributed by atoms with van der Waals surface area (Å²) in [6.45, 7) is 2.11. The normalized spacial score (nSPS) is 12.8. The minimum atomic E-state index is 0.163. The summed E-state index contributed by atoms with van der Waals surface area (Å²) < 4.78 is 0. The molecule has 0 aliphatic heterocycles. The van der Waals surface area contributed by atoms with Gasteiger partial charge in [0.1, 0.15) is 5.75 Å². The first-order valence-corrected chi connectivity index (χ1v) is 4.73. The van der Waals surface area contributed by atoms with Crippen LogP contribution in [-0.4, -0.2) is 5.11 Å². The Hall–Kier alpha value is -0.630. The first-order valence-electron chi connectivity index (χ1n) is 4.21. The average molecular weight is 182 g/mol. The van der Waals surface area contributed by atoms with E-state index in [2.05, 4.69) is 19.6 Å². The molecule has 0 saturated heterocycles. The van der Waals surface area contributed by atoms with Gasteiger partial charge in [0.25, 0.3) is 0 Å². The SMILES string of the molecule is CCCC(S)c1ccccc1O. The summed E-state index contributed by atoms with van der Waals surface area (Å²) in [6, 6.07) is 7.37. The second-order valence-corrected chi connectivity index (χ2v) is 3.49. The quantitative estimate of drug-likeness (QED) is 0.688. The van der Waals surface area contributed by atoms with Gasteiger partial charge < -0.3 is 5.11 Å². The van der Waals surface area contributed by atoms with E-state index in [1.54, 1.807) is 6.07 Å². The monoisotopic (exact) mass is 182 g/mol. The Balaban J connectivity index is 2.79. The lowest BCUT2D eigenvalue weighted by Crippen LogP contribution is -1.89. The van der Waals surface area contributed by atoms with Gasteiger partial charge in [-0.1, -0.05) is 31.5 Å². The fraction of sp³-hybridized carbons (Fsp3) is 0.400. The molecule has 0 aliphatic carbocycles. The van der Waals surface area contributed by atoms with Crippen molar-refractivity contribution in [2.24, 2.45) is 0 Å². The third kappa shape index (κ3) is 2.18. The Kier molecular flexibility index (Phi) is 3.48. The van der Waals surface area contributed by atoms with Gasteiger partial charge in [0.15, 0.2) is 0 Å². The van der Waals surface area contributed by atoms with Crippen molar-refractivity contribution in [1.29, 1.82) is 0 Å². The second kappa shape index (κ2) is 4.41. The molecule has 0 spiro atoms. The van der Waals surface area contributed by atoms with E-state index >= 15 is 0 Å². The molecule has 0 amide bonds. The Morgan fingerprint density at radius 1 is 1.42 bits per heavy atom. The van der Waals surface area contributed by atoms with Gasteiger partial charge in [-0.3, -0.25) is 0 Å². The predicted octanol–water partition coefficient (Wildman–Crippen LogP) is 3.16. The largest absolute Gasteiger partial charge is 0.508 e. The number of aromatic hydroxyl groups is 1. The van der Waals surface area contributed by atoms with E-state index in [4.69, 9.17) is 0 Å². The molecule has 0 bridgehead atoms. The molecule has 2 heteroatoms. The molecule has 66 valence electrons. The zero-order chi connectivity index (χ0) is 8.97. The van der Waals surface area contributed by atoms with Crippen LogP contribution in [0, 0.1) is 0 Å². The third-order valence-electron chi connectivity index (χ3n) is 1.86. The molecule has 1 aromatic rings. The van der Waals surface area contributed by atoms with Crippen LogP contribution in [0.5, 0.6) is 5.75 Å². The van der Waals surface area contributed by atoms with Gasteiger partial charge in [-0.15, -0.1) is 0 Å². The van der Waals surface area contributed by atoms with E-state index in [0.29, 0.717) is 5.75 Å². The minimum Gasteiger partial charge on any atom is -0.508 e. The van der Waals surface area contributed by atoms with Crippen LogP contribution in [0.3, 0.4) is 0 Å². The molecule has 1 unspecified atom stereocenters. The standard InChI is InChI=1S/C10H14OS/c1-2-5-10(12)8-6-3-4-7-9(8)11/h3-4,6-7,10-12H,2,5H2,1H3. The number of benzene rings is 1. The lowest BCUT2D eigenvalue weighted by atomic mass is 10.1. The van der Waals surface area contributed by atoms with Crippen molar-refractivity contribution in [3.8, 4) is 5.75 Å². The smallest absolute Gasteiger partial charge is 0.119 e. The fourth-order valence-corrected chi connectivity index (χ4v) is 1.67. The molecule has 0 saturated carbocycles. The van der Waals surface area contributed by atoms with E-state index in [0.717, 1.165) is 18.4 Å². The van der Waals surface area contributed by atoms with Crippen LogP contribution in [-0.2, 0) is 0 Å². The fourth-order valence-electron chi connectivity index (χ4n) is 1.20. The highest BCUT2D eigenvalue weighted by Gasteiger charge is 2.08. The third-order valence-corrected chi connectivity index (χ3v) is 2.39. The summed E-state index contributed by atoms with van der Waals surface area (Å²) in [5.74, 6) is 0.353. The van der Waals surface area contributed by atoms with Crippen molar-refractivity contribution < 1.29 is 5.11 Å². The topological polar surface area (TPSA) is 20.2 Å². The Bertz CT molecular complexity index is 247. The van der Waals surface area contributed by atoms with Crippen LogP contribution in [0.25, 0.3) is 0 Å². The Morgan fingerprint density at radius 3 is 2.67 bits per heavy atom. The van der Waals surface area contributed by atoms with Gasteiger partial charge in [0.2, 0.25) is 0 Å². The maximum atomic E-state index is 9.46. The summed E-state index contributed by atoms with van der Waals surface area (Å²) in [5, 5.41) is 9.62. The molecule has 0 fully saturated rings. The molecular formula is C10H14OS. The molecule has 1 rings (SSSR count). The van der Waals surface area contributed by atoms with Crippen LogP contribution < -0.4 is 0 Å². The van der Waals surface area contributed by atoms with Gasteiger partial charge in [-0.2, -0.15) is 12.6 Å².